The van der Waals surface area contributed by atoms with Crippen molar-refractivity contribution in [2.75, 3.05) is 5.32 Å². The van der Waals surface area contributed by atoms with Crippen molar-refractivity contribution in [3.05, 3.63) is 100 Å². The maximum absolute atomic E-state index is 14.3. The third-order valence-electron chi connectivity index (χ3n) is 6.21. The topological polar surface area (TPSA) is 144 Å². The molecule has 0 saturated carbocycles. The Morgan fingerprint density at radius 1 is 1.12 bits per heavy atom. The molecule has 14 heteroatoms. The number of amides is 3. The summed E-state index contributed by atoms with van der Waals surface area (Å²) in [5, 5.41) is 9.03. The van der Waals surface area contributed by atoms with Crippen LogP contribution in [0.5, 0.6) is 0 Å². The van der Waals surface area contributed by atoms with Gasteiger partial charge >= 0.3 is 0 Å². The number of nitrogens with one attached hydrogen (secondary N) is 3. The number of fused-ring (bicyclic) bond motifs is 2. The minimum Gasteiger partial charge on any atom is -0.342 e. The van der Waals surface area contributed by atoms with Crippen LogP contribution in [0.4, 0.5) is 10.2 Å². The van der Waals surface area contributed by atoms with Gasteiger partial charge in [0.15, 0.2) is 5.82 Å². The molecule has 200 valence electrons. The molecule has 11 nitrogen and oxygen atoms in total. The van der Waals surface area contributed by atoms with Crippen LogP contribution in [0.25, 0.3) is 10.1 Å². The molecule has 1 atom stereocenters. The van der Waals surface area contributed by atoms with Crippen molar-refractivity contribution in [2.24, 2.45) is 0 Å². The molecule has 5 aromatic rings. The standard InChI is InChI=1S/C26H18ClFN8O3S/c27-16-7-6-13(28)10-15(16)20-22-23(34-25(38)21-14-4-1-2-5-17(14)40-35-21)33-24(36(22)12-19(37)32-20)26(39)31-11-18-29-8-3-9-30-18/h1-10,20H,11-12H2,(H,31,39)(H,32,37)(H,34,38). The van der Waals surface area contributed by atoms with Crippen LogP contribution in [-0.4, -0.2) is 41.6 Å². The number of anilines is 1. The lowest BCUT2D eigenvalue weighted by Crippen LogP contribution is -2.41. The molecular formula is C26H18ClFN8O3S. The van der Waals surface area contributed by atoms with E-state index >= 15 is 0 Å². The molecule has 0 aliphatic carbocycles. The normalized spacial score (nSPS) is 14.4. The Kier molecular flexibility index (Phi) is 6.66. The highest BCUT2D eigenvalue weighted by molar-refractivity contribution is 7.13. The summed E-state index contributed by atoms with van der Waals surface area (Å²) < 4.78 is 20.7. The fourth-order valence-corrected chi connectivity index (χ4v) is 5.44. The number of hydrogen-bond donors (Lipinski definition) is 3. The number of imidazole rings is 1. The second-order valence-electron chi connectivity index (χ2n) is 8.75. The van der Waals surface area contributed by atoms with Crippen LogP contribution in [-0.2, 0) is 17.9 Å². The number of aromatic nitrogens is 5. The van der Waals surface area contributed by atoms with Gasteiger partial charge in [0.2, 0.25) is 11.7 Å². The third-order valence-corrected chi connectivity index (χ3v) is 7.38. The van der Waals surface area contributed by atoms with E-state index in [0.717, 1.165) is 4.70 Å². The molecule has 0 bridgehead atoms. The lowest BCUT2D eigenvalue weighted by molar-refractivity contribution is -0.123. The van der Waals surface area contributed by atoms with Crippen LogP contribution in [0.3, 0.4) is 0 Å². The van der Waals surface area contributed by atoms with Crippen LogP contribution in [0.1, 0.15) is 44.2 Å². The molecule has 6 rings (SSSR count). The monoisotopic (exact) mass is 576 g/mol. The summed E-state index contributed by atoms with van der Waals surface area (Å²) in [6, 6.07) is 11.6. The van der Waals surface area contributed by atoms with E-state index in [9.17, 15) is 18.8 Å². The van der Waals surface area contributed by atoms with Gasteiger partial charge in [0.1, 0.15) is 23.9 Å². The molecule has 3 amide bonds. The highest BCUT2D eigenvalue weighted by atomic mass is 35.5. The highest BCUT2D eigenvalue weighted by Gasteiger charge is 2.36. The predicted molar refractivity (Wildman–Crippen MR) is 144 cm³/mol. The lowest BCUT2D eigenvalue weighted by atomic mass is 10.0. The van der Waals surface area contributed by atoms with Crippen LogP contribution >= 0.6 is 23.1 Å². The fraction of sp³-hybridized carbons (Fsp3) is 0.115. The van der Waals surface area contributed by atoms with E-state index in [-0.39, 0.29) is 46.7 Å². The molecule has 0 saturated heterocycles. The zero-order chi connectivity index (χ0) is 27.8. The minimum atomic E-state index is -1.02. The van der Waals surface area contributed by atoms with Gasteiger partial charge in [-0.1, -0.05) is 29.8 Å². The van der Waals surface area contributed by atoms with Crippen molar-refractivity contribution in [3.8, 4) is 0 Å². The Balaban J connectivity index is 1.43. The zero-order valence-electron chi connectivity index (χ0n) is 20.4. The second kappa shape index (κ2) is 10.4. The third kappa shape index (κ3) is 4.76. The maximum Gasteiger partial charge on any atom is 0.287 e. The molecule has 1 aliphatic rings. The summed E-state index contributed by atoms with van der Waals surface area (Å²) in [6.45, 7) is -0.272. The molecule has 0 radical (unpaired) electrons. The fourth-order valence-electron chi connectivity index (χ4n) is 4.44. The average Bonchev–Trinajstić information content (AvgIpc) is 3.55. The van der Waals surface area contributed by atoms with Crippen LogP contribution < -0.4 is 16.0 Å². The Hall–Kier alpha value is -4.75. The summed E-state index contributed by atoms with van der Waals surface area (Å²) in [4.78, 5) is 52.0. The number of benzene rings is 2. The zero-order valence-corrected chi connectivity index (χ0v) is 22.0. The van der Waals surface area contributed by atoms with Crippen LogP contribution in [0, 0.1) is 5.82 Å². The molecule has 4 heterocycles. The first kappa shape index (κ1) is 25.5. The van der Waals surface area contributed by atoms with Crippen molar-refractivity contribution in [1.82, 2.24) is 34.5 Å². The SMILES string of the molecule is O=C1Cn2c(C(=O)NCc3ncccn3)nc(NC(=O)c3nsc4ccccc34)c2C(c2cc(F)ccc2Cl)N1. The maximum atomic E-state index is 14.3. The van der Waals surface area contributed by atoms with E-state index in [2.05, 4.69) is 35.3 Å². The van der Waals surface area contributed by atoms with E-state index in [1.54, 1.807) is 30.6 Å². The van der Waals surface area contributed by atoms with E-state index in [1.165, 1.54) is 34.3 Å². The molecule has 0 fully saturated rings. The van der Waals surface area contributed by atoms with Crippen LogP contribution in [0.15, 0.2) is 60.9 Å². The summed E-state index contributed by atoms with van der Waals surface area (Å²) >= 11 is 7.57. The van der Waals surface area contributed by atoms with Gasteiger partial charge < -0.3 is 20.5 Å². The van der Waals surface area contributed by atoms with Gasteiger partial charge in [-0.15, -0.1) is 0 Å². The number of hydrogen-bond acceptors (Lipinski definition) is 8. The van der Waals surface area contributed by atoms with Gasteiger partial charge in [-0.2, -0.15) is 4.37 Å². The molecule has 2 aromatic carbocycles. The summed E-state index contributed by atoms with van der Waals surface area (Å²) in [6.07, 6.45) is 3.08. The number of nitrogens with zero attached hydrogens (tertiary/aromatic N) is 5. The largest absolute Gasteiger partial charge is 0.342 e. The van der Waals surface area contributed by atoms with Crippen molar-refractivity contribution < 1.29 is 18.8 Å². The molecule has 1 aliphatic heterocycles. The Morgan fingerprint density at radius 2 is 1.93 bits per heavy atom. The first-order valence-electron chi connectivity index (χ1n) is 11.9. The first-order chi connectivity index (χ1) is 19.4. The van der Waals surface area contributed by atoms with E-state index in [4.69, 9.17) is 11.6 Å². The van der Waals surface area contributed by atoms with Gasteiger partial charge in [0.05, 0.1) is 23.0 Å². The number of carbonyl (C=O) groups excluding carboxylic acids is 3. The van der Waals surface area contributed by atoms with Gasteiger partial charge in [-0.05, 0) is 41.9 Å². The highest BCUT2D eigenvalue weighted by Crippen LogP contribution is 2.36. The number of carbonyl (C=O) groups is 3. The summed E-state index contributed by atoms with van der Waals surface area (Å²) in [7, 11) is 0. The van der Waals surface area contributed by atoms with E-state index < -0.39 is 29.6 Å². The minimum absolute atomic E-state index is 0.000276. The van der Waals surface area contributed by atoms with Gasteiger partial charge in [0.25, 0.3) is 11.8 Å². The van der Waals surface area contributed by atoms with E-state index in [1.807, 2.05) is 12.1 Å². The second-order valence-corrected chi connectivity index (χ2v) is 9.96. The quantitative estimate of drug-likeness (QED) is 0.281. The Morgan fingerprint density at radius 3 is 2.75 bits per heavy atom. The van der Waals surface area contributed by atoms with Crippen molar-refractivity contribution in [2.45, 2.75) is 19.1 Å². The number of halogens is 2. The van der Waals surface area contributed by atoms with Crippen LogP contribution in [0.2, 0.25) is 5.02 Å². The average molecular weight is 577 g/mol. The van der Waals surface area contributed by atoms with Gasteiger partial charge in [0, 0.05) is 28.4 Å². The molecule has 0 spiro atoms. The lowest BCUT2D eigenvalue weighted by Gasteiger charge is -2.28. The van der Waals surface area contributed by atoms with Crippen molar-refractivity contribution in [1.29, 1.82) is 0 Å². The molecule has 3 aromatic heterocycles. The summed E-state index contributed by atoms with van der Waals surface area (Å²) in [5.74, 6) is -2.02. The van der Waals surface area contributed by atoms with E-state index in [0.29, 0.717) is 11.2 Å². The number of rotatable bonds is 6. The Bertz CT molecular complexity index is 1790. The molecular weight excluding hydrogens is 559 g/mol. The molecule has 1 unspecified atom stereocenters. The van der Waals surface area contributed by atoms with Gasteiger partial charge in [-0.3, -0.25) is 14.4 Å². The Labute approximate surface area is 234 Å². The van der Waals surface area contributed by atoms with Crippen molar-refractivity contribution in [3.63, 3.8) is 0 Å². The van der Waals surface area contributed by atoms with Crippen molar-refractivity contribution >= 4 is 56.8 Å². The molecule has 3 N–H and O–H groups in total. The predicted octanol–water partition coefficient (Wildman–Crippen LogP) is 3.48. The molecule has 40 heavy (non-hydrogen) atoms. The van der Waals surface area contributed by atoms with Gasteiger partial charge in [-0.25, -0.2) is 19.3 Å². The first-order valence-corrected chi connectivity index (χ1v) is 13.1. The smallest absolute Gasteiger partial charge is 0.287 e. The summed E-state index contributed by atoms with van der Waals surface area (Å²) in [5.41, 5.74) is 0.658.